The van der Waals surface area contributed by atoms with Crippen LogP contribution in [0.4, 0.5) is 11.4 Å². The zero-order valence-corrected chi connectivity index (χ0v) is 10.3. The molecule has 0 amide bonds. The number of aryl methyl sites for hydroxylation is 1. The lowest BCUT2D eigenvalue weighted by Crippen LogP contribution is -2.26. The SMILES string of the molecule is Cc1cc(N(CCC#N)C2CC2)ccc1[N+](=O)[O-]. The van der Waals surface area contributed by atoms with E-state index in [1.165, 1.54) is 0 Å². The zero-order chi connectivity index (χ0) is 13.1. The molecule has 1 fully saturated rings. The molecule has 0 N–H and O–H groups in total. The van der Waals surface area contributed by atoms with Gasteiger partial charge in [0.1, 0.15) is 0 Å². The highest BCUT2D eigenvalue weighted by Gasteiger charge is 2.29. The van der Waals surface area contributed by atoms with Crippen LogP contribution in [0.1, 0.15) is 24.8 Å². The molecule has 2 rings (SSSR count). The topological polar surface area (TPSA) is 70.2 Å². The van der Waals surface area contributed by atoms with Gasteiger partial charge in [0.15, 0.2) is 0 Å². The third-order valence-corrected chi connectivity index (χ3v) is 3.16. The van der Waals surface area contributed by atoms with Crippen molar-refractivity contribution in [2.45, 2.75) is 32.2 Å². The van der Waals surface area contributed by atoms with Crippen LogP contribution in [0, 0.1) is 28.4 Å². The molecule has 0 unspecified atom stereocenters. The summed E-state index contributed by atoms with van der Waals surface area (Å²) in [5, 5.41) is 19.4. The Kier molecular flexibility index (Phi) is 3.47. The predicted molar refractivity (Wildman–Crippen MR) is 68.4 cm³/mol. The van der Waals surface area contributed by atoms with Gasteiger partial charge in [0.05, 0.1) is 17.4 Å². The van der Waals surface area contributed by atoms with E-state index in [-0.39, 0.29) is 10.6 Å². The normalized spacial score (nSPS) is 14.0. The second-order valence-electron chi connectivity index (χ2n) is 4.56. The Labute approximate surface area is 106 Å². The molecule has 0 atom stereocenters. The molecule has 94 valence electrons. The Morgan fingerprint density at radius 1 is 1.56 bits per heavy atom. The van der Waals surface area contributed by atoms with Gasteiger partial charge in [-0.25, -0.2) is 0 Å². The van der Waals surface area contributed by atoms with Gasteiger partial charge in [-0.1, -0.05) is 0 Å². The van der Waals surface area contributed by atoms with Crippen molar-refractivity contribution in [3.63, 3.8) is 0 Å². The monoisotopic (exact) mass is 245 g/mol. The lowest BCUT2D eigenvalue weighted by atomic mass is 10.1. The molecule has 1 aromatic carbocycles. The van der Waals surface area contributed by atoms with E-state index >= 15 is 0 Å². The van der Waals surface area contributed by atoms with Crippen LogP contribution >= 0.6 is 0 Å². The van der Waals surface area contributed by atoms with E-state index < -0.39 is 0 Å². The third-order valence-electron chi connectivity index (χ3n) is 3.16. The molecule has 5 nitrogen and oxygen atoms in total. The molecule has 1 aromatic rings. The number of benzene rings is 1. The fourth-order valence-electron chi connectivity index (χ4n) is 2.10. The van der Waals surface area contributed by atoms with Crippen LogP contribution in [0.25, 0.3) is 0 Å². The van der Waals surface area contributed by atoms with Crippen molar-refractivity contribution in [2.75, 3.05) is 11.4 Å². The van der Waals surface area contributed by atoms with E-state index in [1.54, 1.807) is 19.1 Å². The lowest BCUT2D eigenvalue weighted by Gasteiger charge is -2.23. The number of nitro benzene ring substituents is 1. The Morgan fingerprint density at radius 2 is 2.28 bits per heavy atom. The van der Waals surface area contributed by atoms with Gasteiger partial charge in [-0.3, -0.25) is 10.1 Å². The molecular formula is C13H15N3O2. The molecule has 0 bridgehead atoms. The number of nitro groups is 1. The molecule has 0 spiro atoms. The van der Waals surface area contributed by atoms with Crippen molar-refractivity contribution in [1.29, 1.82) is 5.26 Å². The average molecular weight is 245 g/mol. The summed E-state index contributed by atoms with van der Waals surface area (Å²) in [6.45, 7) is 2.44. The van der Waals surface area contributed by atoms with Crippen LogP contribution in [0.2, 0.25) is 0 Å². The van der Waals surface area contributed by atoms with Gasteiger partial charge < -0.3 is 4.90 Å². The minimum Gasteiger partial charge on any atom is -0.367 e. The van der Waals surface area contributed by atoms with Crippen molar-refractivity contribution in [3.05, 3.63) is 33.9 Å². The van der Waals surface area contributed by atoms with Gasteiger partial charge in [-0.05, 0) is 31.9 Å². The first-order valence-corrected chi connectivity index (χ1v) is 6.02. The lowest BCUT2D eigenvalue weighted by molar-refractivity contribution is -0.385. The van der Waals surface area contributed by atoms with Gasteiger partial charge in [0.25, 0.3) is 5.69 Å². The van der Waals surface area contributed by atoms with E-state index in [1.807, 2.05) is 6.07 Å². The summed E-state index contributed by atoms with van der Waals surface area (Å²) in [6.07, 6.45) is 2.76. The Balaban J connectivity index is 2.23. The number of hydrogen-bond acceptors (Lipinski definition) is 4. The van der Waals surface area contributed by atoms with Crippen LogP contribution in [0.15, 0.2) is 18.2 Å². The van der Waals surface area contributed by atoms with E-state index in [4.69, 9.17) is 5.26 Å². The van der Waals surface area contributed by atoms with Crippen molar-refractivity contribution >= 4 is 11.4 Å². The molecule has 0 radical (unpaired) electrons. The molecule has 18 heavy (non-hydrogen) atoms. The highest BCUT2D eigenvalue weighted by atomic mass is 16.6. The summed E-state index contributed by atoms with van der Waals surface area (Å²) < 4.78 is 0. The zero-order valence-electron chi connectivity index (χ0n) is 10.3. The summed E-state index contributed by atoms with van der Waals surface area (Å²) in [4.78, 5) is 12.6. The van der Waals surface area contributed by atoms with E-state index in [9.17, 15) is 10.1 Å². The summed E-state index contributed by atoms with van der Waals surface area (Å²) in [5.41, 5.74) is 1.80. The molecule has 5 heteroatoms. The maximum atomic E-state index is 10.8. The standard InChI is InChI=1S/C13H15N3O2/c1-10-9-12(5-6-13(10)16(17)18)15(8-2-7-14)11-3-4-11/h5-6,9,11H,2-4,8H2,1H3. The van der Waals surface area contributed by atoms with Gasteiger partial charge in [-0.2, -0.15) is 5.26 Å². The second kappa shape index (κ2) is 5.05. The van der Waals surface area contributed by atoms with E-state index in [0.717, 1.165) is 18.5 Å². The molecule has 1 aliphatic carbocycles. The summed E-state index contributed by atoms with van der Waals surface area (Å²) in [6, 6.07) is 7.81. The second-order valence-corrected chi connectivity index (χ2v) is 4.56. The van der Waals surface area contributed by atoms with Crippen molar-refractivity contribution in [1.82, 2.24) is 0 Å². The Bertz CT molecular complexity index is 503. The van der Waals surface area contributed by atoms with Gasteiger partial charge >= 0.3 is 0 Å². The highest BCUT2D eigenvalue weighted by Crippen LogP contribution is 2.33. The van der Waals surface area contributed by atoms with E-state index in [2.05, 4.69) is 11.0 Å². The highest BCUT2D eigenvalue weighted by molar-refractivity contribution is 5.56. The molecule has 0 heterocycles. The van der Waals surface area contributed by atoms with Crippen molar-refractivity contribution in [2.24, 2.45) is 0 Å². The van der Waals surface area contributed by atoms with Crippen LogP contribution in [0.5, 0.6) is 0 Å². The van der Waals surface area contributed by atoms with Gasteiger partial charge in [-0.15, -0.1) is 0 Å². The average Bonchev–Trinajstić information content (AvgIpc) is 3.13. The van der Waals surface area contributed by atoms with Gasteiger partial charge in [0, 0.05) is 29.9 Å². The van der Waals surface area contributed by atoms with Crippen LogP contribution < -0.4 is 4.90 Å². The fraction of sp³-hybridized carbons (Fsp3) is 0.462. The third kappa shape index (κ3) is 2.59. The Hall–Kier alpha value is -2.09. The summed E-state index contributed by atoms with van der Waals surface area (Å²) in [7, 11) is 0. The maximum absolute atomic E-state index is 10.8. The molecule has 1 saturated carbocycles. The Morgan fingerprint density at radius 3 is 2.78 bits per heavy atom. The van der Waals surface area contributed by atoms with Gasteiger partial charge in [0.2, 0.25) is 0 Å². The largest absolute Gasteiger partial charge is 0.367 e. The number of nitrogens with zero attached hydrogens (tertiary/aromatic N) is 3. The first-order chi connectivity index (χ1) is 8.63. The minimum atomic E-state index is -0.365. The predicted octanol–water partition coefficient (Wildman–Crippen LogP) is 2.79. The molecule has 0 saturated heterocycles. The van der Waals surface area contributed by atoms with Crippen LogP contribution in [0.3, 0.4) is 0 Å². The molecule has 1 aliphatic rings. The number of anilines is 1. The first-order valence-electron chi connectivity index (χ1n) is 6.02. The molecule has 0 aliphatic heterocycles. The van der Waals surface area contributed by atoms with E-state index in [0.29, 0.717) is 24.6 Å². The smallest absolute Gasteiger partial charge is 0.272 e. The summed E-state index contributed by atoms with van der Waals surface area (Å²) in [5.74, 6) is 0. The fourth-order valence-corrected chi connectivity index (χ4v) is 2.10. The van der Waals surface area contributed by atoms with Crippen molar-refractivity contribution in [3.8, 4) is 6.07 Å². The number of rotatable bonds is 5. The molecular weight excluding hydrogens is 230 g/mol. The number of hydrogen-bond donors (Lipinski definition) is 0. The van der Waals surface area contributed by atoms with Crippen LogP contribution in [-0.2, 0) is 0 Å². The number of nitriles is 1. The van der Waals surface area contributed by atoms with Crippen LogP contribution in [-0.4, -0.2) is 17.5 Å². The summed E-state index contributed by atoms with van der Waals surface area (Å²) >= 11 is 0. The molecule has 0 aromatic heterocycles. The maximum Gasteiger partial charge on any atom is 0.272 e. The minimum absolute atomic E-state index is 0.148. The van der Waals surface area contributed by atoms with Crippen molar-refractivity contribution < 1.29 is 4.92 Å². The quantitative estimate of drug-likeness (QED) is 0.590. The first kappa shape index (κ1) is 12.4.